The molecule has 0 aliphatic carbocycles. The molecule has 3 N–H and O–H groups in total. The zero-order chi connectivity index (χ0) is 23.7. The molecule has 0 aliphatic rings. The molecular formula is C28H27NO4. The van der Waals surface area contributed by atoms with Crippen molar-refractivity contribution in [2.75, 3.05) is 4.90 Å². The van der Waals surface area contributed by atoms with Crippen LogP contribution in [0.3, 0.4) is 0 Å². The van der Waals surface area contributed by atoms with Gasteiger partial charge in [0.1, 0.15) is 23.0 Å². The van der Waals surface area contributed by atoms with Crippen LogP contribution in [-0.4, -0.2) is 15.3 Å². The van der Waals surface area contributed by atoms with E-state index in [2.05, 4.69) is 0 Å². The van der Waals surface area contributed by atoms with Crippen LogP contribution in [0.1, 0.15) is 22.3 Å². The van der Waals surface area contributed by atoms with Crippen molar-refractivity contribution in [3.05, 3.63) is 95.1 Å². The highest BCUT2D eigenvalue weighted by Gasteiger charge is 2.23. The third-order valence-electron chi connectivity index (χ3n) is 5.56. The molecule has 0 amide bonds. The van der Waals surface area contributed by atoms with Gasteiger partial charge in [0.2, 0.25) is 0 Å². The first-order chi connectivity index (χ1) is 15.7. The minimum Gasteiger partial charge on any atom is -0.508 e. The first kappa shape index (κ1) is 22.1. The molecule has 0 unspecified atom stereocenters. The second-order valence-electron chi connectivity index (χ2n) is 8.29. The van der Waals surface area contributed by atoms with Crippen LogP contribution in [0.25, 0.3) is 0 Å². The Morgan fingerprint density at radius 3 is 1.70 bits per heavy atom. The van der Waals surface area contributed by atoms with Crippen LogP contribution in [0.15, 0.2) is 72.8 Å². The van der Waals surface area contributed by atoms with Gasteiger partial charge < -0.3 is 20.1 Å². The highest BCUT2D eigenvalue weighted by molar-refractivity contribution is 5.85. The van der Waals surface area contributed by atoms with Crippen molar-refractivity contribution in [2.45, 2.75) is 27.7 Å². The molecule has 4 aromatic carbocycles. The largest absolute Gasteiger partial charge is 0.508 e. The average molecular weight is 442 g/mol. The molecule has 0 aromatic heterocycles. The summed E-state index contributed by atoms with van der Waals surface area (Å²) in [6.07, 6.45) is 0. The topological polar surface area (TPSA) is 73.2 Å². The van der Waals surface area contributed by atoms with Crippen LogP contribution in [0, 0.1) is 27.7 Å². The highest BCUT2D eigenvalue weighted by Crippen LogP contribution is 2.48. The summed E-state index contributed by atoms with van der Waals surface area (Å²) in [5, 5.41) is 31.7. The fourth-order valence-corrected chi connectivity index (χ4v) is 3.77. The van der Waals surface area contributed by atoms with Gasteiger partial charge in [0.25, 0.3) is 0 Å². The van der Waals surface area contributed by atoms with Gasteiger partial charge in [0, 0.05) is 0 Å². The first-order valence-electron chi connectivity index (χ1n) is 10.7. The summed E-state index contributed by atoms with van der Waals surface area (Å²) in [6.45, 7) is 7.50. The number of ether oxygens (including phenoxy) is 1. The molecular weight excluding hydrogens is 414 g/mol. The Morgan fingerprint density at radius 1 is 0.545 bits per heavy atom. The van der Waals surface area contributed by atoms with Crippen molar-refractivity contribution in [3.8, 4) is 28.7 Å². The second kappa shape index (κ2) is 8.79. The molecule has 33 heavy (non-hydrogen) atoms. The summed E-state index contributed by atoms with van der Waals surface area (Å²) in [5.74, 6) is 1.52. The van der Waals surface area contributed by atoms with Crippen LogP contribution in [0.5, 0.6) is 28.7 Å². The van der Waals surface area contributed by atoms with Crippen LogP contribution < -0.4 is 9.64 Å². The molecule has 168 valence electrons. The number of nitrogens with zero attached hydrogens (tertiary/aromatic N) is 1. The number of aryl methyl sites for hydroxylation is 4. The summed E-state index contributed by atoms with van der Waals surface area (Å²) < 4.78 is 6.31. The first-order valence-corrected chi connectivity index (χ1v) is 10.7. The Kier molecular flexibility index (Phi) is 5.88. The van der Waals surface area contributed by atoms with Gasteiger partial charge in [-0.05, 0) is 98.5 Å². The van der Waals surface area contributed by atoms with Gasteiger partial charge in [-0.2, -0.15) is 0 Å². The average Bonchev–Trinajstić information content (AvgIpc) is 2.76. The number of aromatic hydroxyl groups is 3. The Balaban J connectivity index is 1.91. The van der Waals surface area contributed by atoms with Crippen molar-refractivity contribution < 1.29 is 20.1 Å². The number of anilines is 3. The van der Waals surface area contributed by atoms with Gasteiger partial charge >= 0.3 is 0 Å². The third kappa shape index (κ3) is 4.44. The lowest BCUT2D eigenvalue weighted by molar-refractivity contribution is 0.457. The third-order valence-corrected chi connectivity index (χ3v) is 5.56. The zero-order valence-electron chi connectivity index (χ0n) is 19.1. The minimum atomic E-state index is 0.0847. The normalized spacial score (nSPS) is 10.8. The van der Waals surface area contributed by atoms with Gasteiger partial charge in [-0.3, -0.25) is 4.90 Å². The van der Waals surface area contributed by atoms with E-state index in [-0.39, 0.29) is 17.2 Å². The molecule has 0 fully saturated rings. The summed E-state index contributed by atoms with van der Waals surface area (Å²) in [6, 6.07) is 21.7. The van der Waals surface area contributed by atoms with Gasteiger partial charge in [-0.15, -0.1) is 0 Å². The Morgan fingerprint density at radius 2 is 1.12 bits per heavy atom. The van der Waals surface area contributed by atoms with E-state index in [9.17, 15) is 15.3 Å². The SMILES string of the molecule is Cc1ccc(N(c2ccc(C)cc2O)c2ccccc2Oc2cc(C)c(O)cc2C)c(O)c1. The van der Waals surface area contributed by atoms with Crippen LogP contribution in [0.2, 0.25) is 0 Å². The number of para-hydroxylation sites is 2. The smallest absolute Gasteiger partial charge is 0.151 e. The number of rotatable bonds is 5. The van der Waals surface area contributed by atoms with Crippen LogP contribution in [-0.2, 0) is 0 Å². The monoisotopic (exact) mass is 441 g/mol. The molecule has 0 aliphatic heterocycles. The van der Waals surface area contributed by atoms with Crippen molar-refractivity contribution in [1.82, 2.24) is 0 Å². The second-order valence-corrected chi connectivity index (χ2v) is 8.29. The number of phenols is 3. The van der Waals surface area contributed by atoms with Crippen molar-refractivity contribution in [1.29, 1.82) is 0 Å². The van der Waals surface area contributed by atoms with Crippen molar-refractivity contribution in [2.24, 2.45) is 0 Å². The molecule has 0 saturated carbocycles. The quantitative estimate of drug-likeness (QED) is 0.303. The van der Waals surface area contributed by atoms with Crippen molar-refractivity contribution in [3.63, 3.8) is 0 Å². The molecule has 4 rings (SSSR count). The molecule has 0 heterocycles. The zero-order valence-corrected chi connectivity index (χ0v) is 19.1. The fourth-order valence-electron chi connectivity index (χ4n) is 3.77. The predicted octanol–water partition coefficient (Wildman–Crippen LogP) is 7.30. The maximum Gasteiger partial charge on any atom is 0.151 e. The van der Waals surface area contributed by atoms with E-state index in [1.165, 1.54) is 0 Å². The van der Waals surface area contributed by atoms with Gasteiger partial charge in [-0.25, -0.2) is 0 Å². The lowest BCUT2D eigenvalue weighted by atomic mass is 10.1. The molecule has 5 heteroatoms. The van der Waals surface area contributed by atoms with E-state index in [0.29, 0.717) is 34.1 Å². The van der Waals surface area contributed by atoms with Gasteiger partial charge in [0.05, 0.1) is 17.1 Å². The number of benzene rings is 4. The van der Waals surface area contributed by atoms with E-state index < -0.39 is 0 Å². The summed E-state index contributed by atoms with van der Waals surface area (Å²) in [4.78, 5) is 1.78. The highest BCUT2D eigenvalue weighted by atomic mass is 16.5. The van der Waals surface area contributed by atoms with E-state index in [1.807, 2.05) is 76.2 Å². The maximum absolute atomic E-state index is 10.8. The molecule has 0 atom stereocenters. The molecule has 5 nitrogen and oxygen atoms in total. The number of phenolic OH excluding ortho intramolecular Hbond substituents is 3. The molecule has 0 spiro atoms. The van der Waals surface area contributed by atoms with Gasteiger partial charge in [-0.1, -0.05) is 24.3 Å². The lowest BCUT2D eigenvalue weighted by Crippen LogP contribution is -2.12. The Labute approximate surface area is 193 Å². The molecule has 0 radical (unpaired) electrons. The predicted molar refractivity (Wildman–Crippen MR) is 132 cm³/mol. The molecule has 0 bridgehead atoms. The van der Waals surface area contributed by atoms with Crippen LogP contribution >= 0.6 is 0 Å². The van der Waals surface area contributed by atoms with Crippen molar-refractivity contribution >= 4 is 17.1 Å². The van der Waals surface area contributed by atoms with E-state index in [0.717, 1.165) is 16.7 Å². The standard InChI is InChI=1S/C28H27NO4/c1-17-9-11-21(25(31)13-17)29(22-12-10-18(2)14-26(22)32)23-7-5-6-8-27(23)33-28-16-19(3)24(30)15-20(28)4/h5-16,30-32H,1-4H3. The van der Waals surface area contributed by atoms with E-state index in [4.69, 9.17) is 4.74 Å². The Bertz CT molecular complexity index is 1280. The summed E-state index contributed by atoms with van der Waals surface area (Å²) in [5.41, 5.74) is 4.99. The molecule has 0 saturated heterocycles. The van der Waals surface area contributed by atoms with Gasteiger partial charge in [0.15, 0.2) is 5.75 Å². The Hall–Kier alpha value is -4.12. The van der Waals surface area contributed by atoms with E-state index >= 15 is 0 Å². The lowest BCUT2D eigenvalue weighted by Gasteiger charge is -2.28. The number of hydrogen-bond donors (Lipinski definition) is 3. The minimum absolute atomic E-state index is 0.0847. The maximum atomic E-state index is 10.8. The van der Waals surface area contributed by atoms with E-state index in [1.54, 1.807) is 29.2 Å². The summed E-state index contributed by atoms with van der Waals surface area (Å²) in [7, 11) is 0. The van der Waals surface area contributed by atoms with Crippen LogP contribution in [0.4, 0.5) is 17.1 Å². The number of hydrogen-bond acceptors (Lipinski definition) is 5. The fraction of sp³-hybridized carbons (Fsp3) is 0.143. The molecule has 4 aromatic rings. The summed E-state index contributed by atoms with van der Waals surface area (Å²) >= 11 is 0.